The van der Waals surface area contributed by atoms with Crippen LogP contribution in [0.3, 0.4) is 0 Å². The van der Waals surface area contributed by atoms with Gasteiger partial charge in [-0.3, -0.25) is 4.72 Å². The van der Waals surface area contributed by atoms with Crippen LogP contribution in [0.2, 0.25) is 0 Å². The van der Waals surface area contributed by atoms with Gasteiger partial charge >= 0.3 is 0 Å². The first-order valence-corrected chi connectivity index (χ1v) is 7.72. The Morgan fingerprint density at radius 2 is 2.05 bits per heavy atom. The van der Waals surface area contributed by atoms with E-state index in [-0.39, 0.29) is 5.03 Å². The Morgan fingerprint density at radius 1 is 1.37 bits per heavy atom. The molecule has 0 saturated heterocycles. The van der Waals surface area contributed by atoms with Crippen LogP contribution in [0.25, 0.3) is 0 Å². The average molecular weight is 345 g/mol. The van der Waals surface area contributed by atoms with Crippen LogP contribution in [-0.4, -0.2) is 23.0 Å². The minimum absolute atomic E-state index is 0.00641. The lowest BCUT2D eigenvalue weighted by Crippen LogP contribution is -2.13. The van der Waals surface area contributed by atoms with Crippen LogP contribution in [0, 0.1) is 13.8 Å². The van der Waals surface area contributed by atoms with Gasteiger partial charge in [-0.25, -0.2) is 9.97 Å². The summed E-state index contributed by atoms with van der Waals surface area (Å²) in [5.41, 5.74) is 1.25. The number of hydrogen-bond donors (Lipinski definition) is 1. The highest BCUT2D eigenvalue weighted by molar-refractivity contribution is 9.10. The van der Waals surface area contributed by atoms with Crippen LogP contribution in [-0.2, 0) is 17.1 Å². The van der Waals surface area contributed by atoms with E-state index in [1.807, 2.05) is 6.92 Å². The van der Waals surface area contributed by atoms with Gasteiger partial charge in [0.15, 0.2) is 5.03 Å². The Hall–Kier alpha value is -1.41. The second kappa shape index (κ2) is 4.93. The van der Waals surface area contributed by atoms with Crippen molar-refractivity contribution < 1.29 is 8.42 Å². The molecule has 0 unspecified atom stereocenters. The van der Waals surface area contributed by atoms with E-state index in [0.29, 0.717) is 16.1 Å². The lowest BCUT2D eigenvalue weighted by molar-refractivity contribution is 0.598. The van der Waals surface area contributed by atoms with Gasteiger partial charge in [0.05, 0.1) is 11.9 Å². The number of aromatic nitrogens is 3. The van der Waals surface area contributed by atoms with Gasteiger partial charge in [-0.15, -0.1) is 0 Å². The summed E-state index contributed by atoms with van der Waals surface area (Å²) < 4.78 is 29.1. The third-order valence-corrected chi connectivity index (χ3v) is 4.71. The molecule has 102 valence electrons. The lowest BCUT2D eigenvalue weighted by Gasteiger charge is -2.06. The Balaban J connectivity index is 2.33. The summed E-state index contributed by atoms with van der Waals surface area (Å²) >= 11 is 3.26. The maximum atomic E-state index is 12.1. The first-order chi connectivity index (χ1) is 8.79. The molecule has 0 aliphatic carbocycles. The van der Waals surface area contributed by atoms with Gasteiger partial charge in [-0.2, -0.15) is 8.42 Å². The number of imidazole rings is 1. The van der Waals surface area contributed by atoms with Gasteiger partial charge in [0, 0.05) is 13.2 Å². The van der Waals surface area contributed by atoms with Gasteiger partial charge in [0.1, 0.15) is 10.4 Å². The van der Waals surface area contributed by atoms with Crippen molar-refractivity contribution >= 4 is 31.6 Å². The minimum atomic E-state index is -3.68. The maximum absolute atomic E-state index is 12.1. The quantitative estimate of drug-likeness (QED) is 0.864. The normalized spacial score (nSPS) is 11.6. The fourth-order valence-electron chi connectivity index (χ4n) is 1.48. The molecule has 0 radical (unpaired) electrons. The second-order valence-electron chi connectivity index (χ2n) is 4.17. The minimum Gasteiger partial charge on any atom is -0.337 e. The Bertz CT molecular complexity index is 705. The lowest BCUT2D eigenvalue weighted by atomic mass is 10.3. The van der Waals surface area contributed by atoms with Crippen LogP contribution in [0.1, 0.15) is 11.4 Å². The molecule has 2 rings (SSSR count). The summed E-state index contributed by atoms with van der Waals surface area (Å²) in [7, 11) is -1.94. The molecule has 0 aliphatic heterocycles. The molecule has 19 heavy (non-hydrogen) atoms. The summed E-state index contributed by atoms with van der Waals surface area (Å²) in [6.45, 7) is 3.57. The van der Waals surface area contributed by atoms with E-state index in [4.69, 9.17) is 0 Å². The van der Waals surface area contributed by atoms with E-state index in [1.54, 1.807) is 24.6 Å². The Kier molecular flexibility index (Phi) is 3.64. The fourth-order valence-corrected chi connectivity index (χ4v) is 2.77. The van der Waals surface area contributed by atoms with E-state index in [1.165, 1.54) is 12.4 Å². The Labute approximate surface area is 120 Å². The highest BCUT2D eigenvalue weighted by Crippen LogP contribution is 2.19. The molecule has 1 N–H and O–H groups in total. The van der Waals surface area contributed by atoms with Crippen LogP contribution >= 0.6 is 15.9 Å². The topological polar surface area (TPSA) is 76.9 Å². The number of sulfonamides is 1. The van der Waals surface area contributed by atoms with E-state index >= 15 is 0 Å². The van der Waals surface area contributed by atoms with E-state index in [2.05, 4.69) is 30.6 Å². The molecule has 0 aromatic carbocycles. The van der Waals surface area contributed by atoms with E-state index < -0.39 is 10.0 Å². The predicted molar refractivity (Wildman–Crippen MR) is 75.4 cm³/mol. The van der Waals surface area contributed by atoms with Crippen molar-refractivity contribution in [2.24, 2.45) is 7.05 Å². The van der Waals surface area contributed by atoms with Crippen molar-refractivity contribution in [1.82, 2.24) is 14.5 Å². The van der Waals surface area contributed by atoms with Crippen LogP contribution in [0.5, 0.6) is 0 Å². The zero-order valence-electron chi connectivity index (χ0n) is 10.7. The van der Waals surface area contributed by atoms with Crippen LogP contribution in [0.15, 0.2) is 28.1 Å². The molecule has 6 nitrogen and oxygen atoms in total. The number of pyridine rings is 1. The number of hydrogen-bond acceptors (Lipinski definition) is 4. The molecule has 0 fully saturated rings. The molecule has 2 aromatic rings. The van der Waals surface area contributed by atoms with Gasteiger partial charge in [-0.1, -0.05) is 0 Å². The molecule has 0 bridgehead atoms. The standard InChI is InChI=1S/C11H13BrN4O2S/c1-7-4-9(5-13-11(7)12)15-19(17,18)10-6-16(3)8(2)14-10/h4-6,15H,1-3H3. The fraction of sp³-hybridized carbons (Fsp3) is 0.273. The number of anilines is 1. The SMILES string of the molecule is Cc1cc(NS(=O)(=O)c2cn(C)c(C)n2)cnc1Br. The Morgan fingerprint density at radius 3 is 2.58 bits per heavy atom. The van der Waals surface area contributed by atoms with Crippen molar-refractivity contribution in [2.45, 2.75) is 18.9 Å². The molecular formula is C11H13BrN4O2S. The van der Waals surface area contributed by atoms with Crippen molar-refractivity contribution in [2.75, 3.05) is 4.72 Å². The molecule has 8 heteroatoms. The smallest absolute Gasteiger partial charge is 0.281 e. The summed E-state index contributed by atoms with van der Waals surface area (Å²) in [5.74, 6) is 0.630. The van der Waals surface area contributed by atoms with Crippen LogP contribution in [0.4, 0.5) is 5.69 Å². The van der Waals surface area contributed by atoms with Crippen molar-refractivity contribution in [3.05, 3.63) is 34.5 Å². The van der Waals surface area contributed by atoms with Gasteiger partial charge in [-0.05, 0) is 41.4 Å². The number of aryl methyl sites for hydroxylation is 3. The molecule has 0 atom stereocenters. The molecular weight excluding hydrogens is 332 g/mol. The predicted octanol–water partition coefficient (Wildman–Crippen LogP) is 2.00. The number of nitrogens with zero attached hydrogens (tertiary/aromatic N) is 3. The molecule has 2 heterocycles. The molecule has 0 saturated carbocycles. The molecule has 0 amide bonds. The zero-order valence-corrected chi connectivity index (χ0v) is 13.1. The number of rotatable bonds is 3. The third kappa shape index (κ3) is 2.95. The van der Waals surface area contributed by atoms with Crippen molar-refractivity contribution in [1.29, 1.82) is 0 Å². The molecule has 2 aromatic heterocycles. The molecule has 0 spiro atoms. The third-order valence-electron chi connectivity index (χ3n) is 2.63. The van der Waals surface area contributed by atoms with Crippen molar-refractivity contribution in [3.8, 4) is 0 Å². The maximum Gasteiger partial charge on any atom is 0.281 e. The summed E-state index contributed by atoms with van der Waals surface area (Å²) in [6.07, 6.45) is 2.92. The molecule has 0 aliphatic rings. The monoisotopic (exact) mass is 344 g/mol. The first kappa shape index (κ1) is 14.0. The highest BCUT2D eigenvalue weighted by Gasteiger charge is 2.18. The van der Waals surface area contributed by atoms with Crippen LogP contribution < -0.4 is 4.72 Å². The average Bonchev–Trinajstić information content (AvgIpc) is 2.65. The summed E-state index contributed by atoms with van der Waals surface area (Å²) in [5, 5.41) is -0.00641. The van der Waals surface area contributed by atoms with Gasteiger partial charge in [0.25, 0.3) is 10.0 Å². The number of halogens is 1. The first-order valence-electron chi connectivity index (χ1n) is 5.44. The van der Waals surface area contributed by atoms with E-state index in [9.17, 15) is 8.42 Å². The zero-order chi connectivity index (χ0) is 14.2. The van der Waals surface area contributed by atoms with Crippen molar-refractivity contribution in [3.63, 3.8) is 0 Å². The van der Waals surface area contributed by atoms with Gasteiger partial charge < -0.3 is 4.57 Å². The van der Waals surface area contributed by atoms with E-state index in [0.717, 1.165) is 5.56 Å². The summed E-state index contributed by atoms with van der Waals surface area (Å²) in [6, 6.07) is 1.70. The largest absolute Gasteiger partial charge is 0.337 e. The second-order valence-corrected chi connectivity index (χ2v) is 6.55. The summed E-state index contributed by atoms with van der Waals surface area (Å²) in [4.78, 5) is 8.04. The highest BCUT2D eigenvalue weighted by atomic mass is 79.9. The van der Waals surface area contributed by atoms with Gasteiger partial charge in [0.2, 0.25) is 0 Å². The number of nitrogens with one attached hydrogen (secondary N) is 1.